The van der Waals surface area contributed by atoms with Crippen LogP contribution in [0.2, 0.25) is 0 Å². The molecule has 0 aromatic carbocycles. The van der Waals surface area contributed by atoms with Crippen molar-refractivity contribution in [2.75, 3.05) is 26.1 Å². The third-order valence-electron chi connectivity index (χ3n) is 6.12. The normalized spacial score (nSPS) is 20.0. The SMILES string of the molecule is CO[C@H](C)[C@H](C(=O)N(C)C)N(C(=O)C1CCC(C)CC1)c1cc(C#CC(C)(C)C)sc1C(=O)O. The van der Waals surface area contributed by atoms with Gasteiger partial charge in [-0.3, -0.25) is 14.5 Å². The van der Waals surface area contributed by atoms with Gasteiger partial charge in [0.1, 0.15) is 10.9 Å². The molecule has 188 valence electrons. The molecule has 2 rings (SSSR count). The zero-order valence-electron chi connectivity index (χ0n) is 21.6. The minimum absolute atomic E-state index is 0.00408. The number of carboxylic acids is 1. The van der Waals surface area contributed by atoms with Crippen molar-refractivity contribution in [2.45, 2.75) is 72.4 Å². The van der Waals surface area contributed by atoms with Gasteiger partial charge >= 0.3 is 5.97 Å². The van der Waals surface area contributed by atoms with Gasteiger partial charge in [-0.05, 0) is 65.4 Å². The molecule has 1 aromatic rings. The van der Waals surface area contributed by atoms with Gasteiger partial charge in [-0.2, -0.15) is 0 Å². The monoisotopic (exact) mass is 490 g/mol. The van der Waals surface area contributed by atoms with Crippen LogP contribution in [0.15, 0.2) is 6.07 Å². The van der Waals surface area contributed by atoms with Crippen LogP contribution in [0.5, 0.6) is 0 Å². The zero-order valence-corrected chi connectivity index (χ0v) is 22.4. The number of likely N-dealkylation sites (N-methyl/N-ethyl adjacent to an activating group) is 1. The van der Waals surface area contributed by atoms with E-state index in [-0.39, 0.29) is 33.7 Å². The molecule has 1 aromatic heterocycles. The molecule has 1 aliphatic carbocycles. The zero-order chi connectivity index (χ0) is 25.8. The predicted molar refractivity (Wildman–Crippen MR) is 135 cm³/mol. The molecular weight excluding hydrogens is 452 g/mol. The molecule has 7 nitrogen and oxygen atoms in total. The summed E-state index contributed by atoms with van der Waals surface area (Å²) in [5.41, 5.74) is -0.0565. The maximum Gasteiger partial charge on any atom is 0.348 e. The quantitative estimate of drug-likeness (QED) is 0.569. The lowest BCUT2D eigenvalue weighted by molar-refractivity contribution is -0.136. The van der Waals surface area contributed by atoms with Gasteiger partial charge in [0.25, 0.3) is 0 Å². The largest absolute Gasteiger partial charge is 0.477 e. The first kappa shape index (κ1) is 27.9. The molecule has 1 aliphatic rings. The van der Waals surface area contributed by atoms with Gasteiger partial charge in [0.15, 0.2) is 0 Å². The van der Waals surface area contributed by atoms with E-state index in [1.807, 2.05) is 20.8 Å². The van der Waals surface area contributed by atoms with Crippen LogP contribution in [-0.2, 0) is 14.3 Å². The maximum atomic E-state index is 14.0. The lowest BCUT2D eigenvalue weighted by Gasteiger charge is -2.38. The molecule has 1 N–H and O–H groups in total. The highest BCUT2D eigenvalue weighted by Crippen LogP contribution is 2.37. The number of aromatic carboxylic acids is 1. The summed E-state index contributed by atoms with van der Waals surface area (Å²) in [4.78, 5) is 42.9. The molecule has 2 amide bonds. The standard InChI is InChI=1S/C26H38N2O5S/c1-16-9-11-18(12-10-16)23(29)28(21(17(2)33-8)24(30)27(6)7)20-15-19(13-14-26(3,4)5)34-22(20)25(31)32/h15-18,21H,9-12H2,1-8H3,(H,31,32)/t16?,17-,18?,21-/m1/s1. The van der Waals surface area contributed by atoms with Crippen molar-refractivity contribution in [3.8, 4) is 11.8 Å². The molecule has 0 saturated heterocycles. The van der Waals surface area contributed by atoms with Gasteiger partial charge in [0, 0.05) is 32.5 Å². The van der Waals surface area contributed by atoms with Crippen LogP contribution in [0.25, 0.3) is 0 Å². The molecule has 8 heteroatoms. The maximum absolute atomic E-state index is 14.0. The van der Waals surface area contributed by atoms with Gasteiger partial charge in [-0.25, -0.2) is 4.79 Å². The Kier molecular flexibility index (Phi) is 9.32. The van der Waals surface area contributed by atoms with E-state index in [0.717, 1.165) is 24.2 Å². The van der Waals surface area contributed by atoms with Crippen LogP contribution in [-0.4, -0.2) is 61.1 Å². The summed E-state index contributed by atoms with van der Waals surface area (Å²) in [5, 5.41) is 10.0. The van der Waals surface area contributed by atoms with Crippen molar-refractivity contribution < 1.29 is 24.2 Å². The molecule has 34 heavy (non-hydrogen) atoms. The van der Waals surface area contributed by atoms with E-state index < -0.39 is 18.1 Å². The number of hydrogen-bond acceptors (Lipinski definition) is 5. The van der Waals surface area contributed by atoms with E-state index in [1.165, 1.54) is 16.9 Å². The topological polar surface area (TPSA) is 87.2 Å². The van der Waals surface area contributed by atoms with Crippen molar-refractivity contribution >= 4 is 34.8 Å². The van der Waals surface area contributed by atoms with E-state index in [9.17, 15) is 19.5 Å². The van der Waals surface area contributed by atoms with Gasteiger partial charge in [0.05, 0.1) is 16.7 Å². The van der Waals surface area contributed by atoms with Crippen LogP contribution >= 0.6 is 11.3 Å². The average Bonchev–Trinajstić information content (AvgIpc) is 3.18. The Bertz CT molecular complexity index is 958. The Morgan fingerprint density at radius 3 is 2.24 bits per heavy atom. The number of rotatable bonds is 7. The second-order valence-corrected chi connectivity index (χ2v) is 11.5. The number of thiophene rings is 1. The highest BCUT2D eigenvalue weighted by Gasteiger charge is 2.42. The first-order valence-corrected chi connectivity index (χ1v) is 12.6. The molecule has 0 radical (unpaired) electrons. The van der Waals surface area contributed by atoms with Crippen molar-refractivity contribution in [3.63, 3.8) is 0 Å². The first-order valence-electron chi connectivity index (χ1n) is 11.7. The number of amides is 2. The fraction of sp³-hybridized carbons (Fsp3) is 0.654. The summed E-state index contributed by atoms with van der Waals surface area (Å²) in [7, 11) is 4.72. The highest BCUT2D eigenvalue weighted by molar-refractivity contribution is 7.15. The van der Waals surface area contributed by atoms with E-state index in [0.29, 0.717) is 23.6 Å². The van der Waals surface area contributed by atoms with E-state index in [4.69, 9.17) is 4.74 Å². The van der Waals surface area contributed by atoms with Crippen LogP contribution in [0.3, 0.4) is 0 Å². The molecule has 2 atom stereocenters. The van der Waals surface area contributed by atoms with E-state index in [2.05, 4.69) is 18.8 Å². The smallest absolute Gasteiger partial charge is 0.348 e. The summed E-state index contributed by atoms with van der Waals surface area (Å²) >= 11 is 1.03. The Balaban J connectivity index is 2.70. The van der Waals surface area contributed by atoms with E-state index >= 15 is 0 Å². The molecule has 0 aliphatic heterocycles. The number of nitrogens with zero attached hydrogens (tertiary/aromatic N) is 2. The van der Waals surface area contributed by atoms with Gasteiger partial charge in [0.2, 0.25) is 11.8 Å². The van der Waals surface area contributed by atoms with Crippen molar-refractivity contribution in [2.24, 2.45) is 17.3 Å². The number of carbonyl (C=O) groups excluding carboxylic acids is 2. The van der Waals surface area contributed by atoms with Crippen LogP contribution in [0.1, 0.15) is 74.9 Å². The van der Waals surface area contributed by atoms with Gasteiger partial charge in [-0.1, -0.05) is 18.8 Å². The Hall–Kier alpha value is -2.37. The third kappa shape index (κ3) is 6.83. The van der Waals surface area contributed by atoms with Crippen molar-refractivity contribution in [1.82, 2.24) is 4.90 Å². The van der Waals surface area contributed by atoms with Gasteiger partial charge < -0.3 is 14.7 Å². The number of carbonyl (C=O) groups is 3. The van der Waals surface area contributed by atoms with Crippen LogP contribution in [0, 0.1) is 29.1 Å². The minimum atomic E-state index is -1.15. The summed E-state index contributed by atoms with van der Waals surface area (Å²) in [5.74, 6) is 4.74. The molecule has 1 fully saturated rings. The average molecular weight is 491 g/mol. The lowest BCUT2D eigenvalue weighted by Crippen LogP contribution is -2.57. The Morgan fingerprint density at radius 2 is 1.76 bits per heavy atom. The van der Waals surface area contributed by atoms with Crippen molar-refractivity contribution in [1.29, 1.82) is 0 Å². The number of hydrogen-bond donors (Lipinski definition) is 1. The second kappa shape index (κ2) is 11.4. The van der Waals surface area contributed by atoms with Crippen molar-refractivity contribution in [3.05, 3.63) is 15.8 Å². The number of anilines is 1. The molecule has 0 unspecified atom stereocenters. The fourth-order valence-corrected chi connectivity index (χ4v) is 4.89. The summed E-state index contributed by atoms with van der Waals surface area (Å²) in [6, 6.07) is 0.636. The number of methoxy groups -OCH3 is 1. The first-order chi connectivity index (χ1) is 15.8. The second-order valence-electron chi connectivity index (χ2n) is 10.4. The molecule has 0 spiro atoms. The Labute approximate surface area is 207 Å². The minimum Gasteiger partial charge on any atom is -0.477 e. The molecule has 0 bridgehead atoms. The molecular formula is C26H38N2O5S. The Morgan fingerprint density at radius 1 is 1.18 bits per heavy atom. The molecule has 1 heterocycles. The van der Waals surface area contributed by atoms with Crippen LogP contribution < -0.4 is 4.90 Å². The third-order valence-corrected chi connectivity index (χ3v) is 7.15. The van der Waals surface area contributed by atoms with E-state index in [1.54, 1.807) is 27.1 Å². The van der Waals surface area contributed by atoms with Gasteiger partial charge in [-0.15, -0.1) is 11.3 Å². The highest BCUT2D eigenvalue weighted by atomic mass is 32.1. The van der Waals surface area contributed by atoms with Crippen LogP contribution in [0.4, 0.5) is 5.69 Å². The molecule has 1 saturated carbocycles. The predicted octanol–water partition coefficient (Wildman–Crippen LogP) is 4.49. The summed E-state index contributed by atoms with van der Waals surface area (Å²) in [6.07, 6.45) is 2.63. The number of ether oxygens (including phenoxy) is 1. The fourth-order valence-electron chi connectivity index (χ4n) is 4.05. The number of carboxylic acid groups (broad SMARTS) is 1. The summed E-state index contributed by atoms with van der Waals surface area (Å²) < 4.78 is 5.53. The lowest BCUT2D eigenvalue weighted by atomic mass is 9.82. The summed E-state index contributed by atoms with van der Waals surface area (Å²) in [6.45, 7) is 9.81.